The number of nitrogens with one attached hydrogen (secondary N) is 1. The SMILES string of the molecule is O=C(NCc1ccccn1)c1cccc(C(=O)N2Cc3ccccc3Oc3ccc(Cl)cc32)c1. The molecule has 0 saturated heterocycles. The molecule has 1 N–H and O–H groups in total. The molecule has 6 nitrogen and oxygen atoms in total. The quantitative estimate of drug-likeness (QED) is 0.421. The van der Waals surface area contributed by atoms with Gasteiger partial charge in [-0.1, -0.05) is 41.9 Å². The summed E-state index contributed by atoms with van der Waals surface area (Å²) in [5.41, 5.74) is 2.96. The minimum Gasteiger partial charge on any atom is -0.455 e. The van der Waals surface area contributed by atoms with E-state index in [1.54, 1.807) is 53.6 Å². The lowest BCUT2D eigenvalue weighted by molar-refractivity contribution is 0.0950. The van der Waals surface area contributed by atoms with Crippen LogP contribution in [-0.2, 0) is 13.1 Å². The van der Waals surface area contributed by atoms with Crippen molar-refractivity contribution in [3.63, 3.8) is 0 Å². The lowest BCUT2D eigenvalue weighted by atomic mass is 10.1. The molecule has 4 aromatic rings. The summed E-state index contributed by atoms with van der Waals surface area (Å²) in [6, 6.07) is 25.0. The van der Waals surface area contributed by atoms with E-state index >= 15 is 0 Å². The number of aromatic nitrogens is 1. The molecule has 2 amide bonds. The van der Waals surface area contributed by atoms with E-state index < -0.39 is 0 Å². The van der Waals surface area contributed by atoms with E-state index in [4.69, 9.17) is 16.3 Å². The van der Waals surface area contributed by atoms with Crippen molar-refractivity contribution in [1.29, 1.82) is 0 Å². The van der Waals surface area contributed by atoms with Crippen LogP contribution in [0.2, 0.25) is 5.02 Å². The minimum absolute atomic E-state index is 0.261. The lowest BCUT2D eigenvalue weighted by Crippen LogP contribution is -2.30. The van der Waals surface area contributed by atoms with Crippen LogP contribution >= 0.6 is 11.6 Å². The number of halogens is 1. The molecule has 7 heteroatoms. The number of carbonyl (C=O) groups is 2. The van der Waals surface area contributed by atoms with Crippen molar-refractivity contribution < 1.29 is 14.3 Å². The highest BCUT2D eigenvalue weighted by molar-refractivity contribution is 6.31. The summed E-state index contributed by atoms with van der Waals surface area (Å²) in [4.78, 5) is 32.2. The Morgan fingerprint density at radius 2 is 1.74 bits per heavy atom. The summed E-state index contributed by atoms with van der Waals surface area (Å²) in [6.07, 6.45) is 1.67. The number of amides is 2. The van der Waals surface area contributed by atoms with Gasteiger partial charge in [0.25, 0.3) is 11.8 Å². The Bertz CT molecular complexity index is 1370. The Balaban J connectivity index is 1.44. The summed E-state index contributed by atoms with van der Waals surface area (Å²) in [7, 11) is 0. The summed E-state index contributed by atoms with van der Waals surface area (Å²) < 4.78 is 6.09. The zero-order valence-corrected chi connectivity index (χ0v) is 18.8. The third-order valence-corrected chi connectivity index (χ3v) is 5.74. The molecule has 0 bridgehead atoms. The van der Waals surface area contributed by atoms with Gasteiger partial charge < -0.3 is 15.0 Å². The molecule has 0 atom stereocenters. The number of para-hydroxylation sites is 1. The maximum absolute atomic E-state index is 13.7. The Kier molecular flexibility index (Phi) is 5.97. The van der Waals surface area contributed by atoms with Crippen LogP contribution in [0.5, 0.6) is 11.5 Å². The number of benzene rings is 3. The number of nitrogens with zero attached hydrogens (tertiary/aromatic N) is 2. The summed E-state index contributed by atoms with van der Waals surface area (Å²) in [5, 5.41) is 3.34. The molecule has 1 aliphatic rings. The largest absolute Gasteiger partial charge is 0.455 e. The van der Waals surface area contributed by atoms with Gasteiger partial charge in [0.05, 0.1) is 24.5 Å². The summed E-state index contributed by atoms with van der Waals surface area (Å²) >= 11 is 6.26. The predicted molar refractivity (Wildman–Crippen MR) is 130 cm³/mol. The first kappa shape index (κ1) is 21.7. The normalized spacial score (nSPS) is 12.1. The number of rotatable bonds is 4. The number of fused-ring (bicyclic) bond motifs is 2. The van der Waals surface area contributed by atoms with Crippen LogP contribution in [0.4, 0.5) is 5.69 Å². The Hall–Kier alpha value is -4.16. The first-order valence-corrected chi connectivity index (χ1v) is 11.1. The highest BCUT2D eigenvalue weighted by Crippen LogP contribution is 2.40. The third kappa shape index (κ3) is 4.49. The van der Waals surface area contributed by atoms with E-state index in [1.165, 1.54) is 0 Å². The van der Waals surface area contributed by atoms with E-state index in [1.807, 2.05) is 42.5 Å². The highest BCUT2D eigenvalue weighted by atomic mass is 35.5. The van der Waals surface area contributed by atoms with Crippen molar-refractivity contribution in [2.45, 2.75) is 13.1 Å². The average molecular weight is 470 g/mol. The maximum Gasteiger partial charge on any atom is 0.258 e. The maximum atomic E-state index is 13.7. The predicted octanol–water partition coefficient (Wildman–Crippen LogP) is 5.62. The zero-order valence-electron chi connectivity index (χ0n) is 18.1. The molecule has 0 saturated carbocycles. The molecule has 0 aliphatic carbocycles. The molecular formula is C27H20ClN3O3. The van der Waals surface area contributed by atoms with Crippen molar-refractivity contribution in [3.05, 3.63) is 119 Å². The van der Waals surface area contributed by atoms with Gasteiger partial charge in [0.15, 0.2) is 5.75 Å². The second kappa shape index (κ2) is 9.37. The molecule has 1 aromatic heterocycles. The van der Waals surface area contributed by atoms with Crippen molar-refractivity contribution >= 4 is 29.1 Å². The van der Waals surface area contributed by atoms with E-state index in [-0.39, 0.29) is 11.8 Å². The molecule has 0 fully saturated rings. The standard InChI is InChI=1S/C27H20ClN3O3/c28-21-11-12-25-23(15-21)31(17-20-6-1-2-10-24(20)34-25)27(33)19-8-5-7-18(14-19)26(32)30-16-22-9-3-4-13-29-22/h1-15H,16-17H2,(H,30,32). The molecule has 168 valence electrons. The van der Waals surface area contributed by atoms with Gasteiger partial charge in [-0.25, -0.2) is 0 Å². The van der Waals surface area contributed by atoms with Gasteiger partial charge in [-0.15, -0.1) is 0 Å². The van der Waals surface area contributed by atoms with E-state index in [0.717, 1.165) is 11.3 Å². The highest BCUT2D eigenvalue weighted by Gasteiger charge is 2.27. The van der Waals surface area contributed by atoms with Gasteiger partial charge in [-0.05, 0) is 54.6 Å². The fourth-order valence-electron chi connectivity index (χ4n) is 3.80. The third-order valence-electron chi connectivity index (χ3n) is 5.51. The Morgan fingerprint density at radius 3 is 2.59 bits per heavy atom. The number of pyridine rings is 1. The van der Waals surface area contributed by atoms with E-state index in [2.05, 4.69) is 10.3 Å². The van der Waals surface area contributed by atoms with Gasteiger partial charge in [0.1, 0.15) is 5.75 Å². The van der Waals surface area contributed by atoms with Crippen molar-refractivity contribution in [3.8, 4) is 11.5 Å². The van der Waals surface area contributed by atoms with Crippen LogP contribution in [0.3, 0.4) is 0 Å². The van der Waals surface area contributed by atoms with Gasteiger partial charge in [-0.2, -0.15) is 0 Å². The fraction of sp³-hybridized carbons (Fsp3) is 0.0741. The number of hydrogen-bond acceptors (Lipinski definition) is 4. The topological polar surface area (TPSA) is 71.5 Å². The number of anilines is 1. The van der Waals surface area contributed by atoms with Crippen LogP contribution in [0.25, 0.3) is 0 Å². The molecule has 0 spiro atoms. The second-order valence-electron chi connectivity index (χ2n) is 7.80. The molecule has 34 heavy (non-hydrogen) atoms. The molecule has 0 unspecified atom stereocenters. The Morgan fingerprint density at radius 1 is 0.912 bits per heavy atom. The smallest absolute Gasteiger partial charge is 0.258 e. The molecule has 0 radical (unpaired) electrons. The molecule has 2 heterocycles. The number of hydrogen-bond donors (Lipinski definition) is 1. The van der Waals surface area contributed by atoms with Crippen LogP contribution in [0, 0.1) is 0 Å². The van der Waals surface area contributed by atoms with Gasteiger partial charge in [-0.3, -0.25) is 14.6 Å². The van der Waals surface area contributed by atoms with Crippen molar-refractivity contribution in [2.75, 3.05) is 4.90 Å². The first-order valence-electron chi connectivity index (χ1n) is 10.7. The van der Waals surface area contributed by atoms with Gasteiger partial charge in [0.2, 0.25) is 0 Å². The zero-order chi connectivity index (χ0) is 23.5. The van der Waals surface area contributed by atoms with Crippen LogP contribution in [0.1, 0.15) is 32.0 Å². The monoisotopic (exact) mass is 469 g/mol. The van der Waals surface area contributed by atoms with Gasteiger partial charge >= 0.3 is 0 Å². The van der Waals surface area contributed by atoms with Crippen LogP contribution in [0.15, 0.2) is 91.1 Å². The molecular weight excluding hydrogens is 450 g/mol. The van der Waals surface area contributed by atoms with Crippen molar-refractivity contribution in [2.24, 2.45) is 0 Å². The fourth-order valence-corrected chi connectivity index (χ4v) is 3.97. The van der Waals surface area contributed by atoms with E-state index in [9.17, 15) is 9.59 Å². The van der Waals surface area contributed by atoms with Crippen molar-refractivity contribution in [1.82, 2.24) is 10.3 Å². The first-order chi connectivity index (χ1) is 16.6. The minimum atomic E-state index is -0.284. The molecule has 1 aliphatic heterocycles. The van der Waals surface area contributed by atoms with Crippen LogP contribution in [-0.4, -0.2) is 16.8 Å². The van der Waals surface area contributed by atoms with Gasteiger partial charge in [0, 0.05) is 27.9 Å². The number of ether oxygens (including phenoxy) is 1. The Labute approximate surface area is 201 Å². The van der Waals surface area contributed by atoms with E-state index in [0.29, 0.717) is 46.4 Å². The lowest BCUT2D eigenvalue weighted by Gasteiger charge is -2.22. The summed E-state index contributed by atoms with van der Waals surface area (Å²) in [6.45, 7) is 0.600. The van der Waals surface area contributed by atoms with Crippen LogP contribution < -0.4 is 15.0 Å². The molecule has 3 aromatic carbocycles. The summed E-state index contributed by atoms with van der Waals surface area (Å²) in [5.74, 6) is 0.674. The number of carbonyl (C=O) groups excluding carboxylic acids is 2. The second-order valence-corrected chi connectivity index (χ2v) is 8.23. The average Bonchev–Trinajstić information content (AvgIpc) is 3.04. The molecule has 5 rings (SSSR count).